The minimum absolute atomic E-state index is 0.0296. The molecule has 0 radical (unpaired) electrons. The van der Waals surface area contributed by atoms with Crippen LogP contribution in [0.2, 0.25) is 5.15 Å². The first-order valence-corrected chi connectivity index (χ1v) is 4.05. The number of halogens is 1. The zero-order valence-electron chi connectivity index (χ0n) is 7.07. The number of hydrogen-bond donors (Lipinski definition) is 1. The van der Waals surface area contributed by atoms with E-state index in [1.807, 2.05) is 0 Å². The standard InChI is InChI=1S/C8H7ClN2O3/c9-7-5(2-1-3-11-7)8(13)14-4-6(10)12/h1-3H,4H2,(H2,10,12). The van der Waals surface area contributed by atoms with Crippen LogP contribution in [0.5, 0.6) is 0 Å². The Hall–Kier alpha value is -1.62. The molecule has 0 aromatic carbocycles. The first-order valence-electron chi connectivity index (χ1n) is 3.67. The van der Waals surface area contributed by atoms with Crippen LogP contribution < -0.4 is 5.73 Å². The Bertz CT molecular complexity index is 367. The van der Waals surface area contributed by atoms with Gasteiger partial charge in [-0.3, -0.25) is 4.79 Å². The number of carbonyl (C=O) groups excluding carboxylic acids is 2. The summed E-state index contributed by atoms with van der Waals surface area (Å²) in [5.74, 6) is -1.44. The molecule has 14 heavy (non-hydrogen) atoms. The van der Waals surface area contributed by atoms with Gasteiger partial charge in [0.05, 0.1) is 5.56 Å². The predicted octanol–water partition coefficient (Wildman–Crippen LogP) is 0.377. The third-order valence-corrected chi connectivity index (χ3v) is 1.63. The normalized spacial score (nSPS) is 9.50. The van der Waals surface area contributed by atoms with E-state index in [-0.39, 0.29) is 10.7 Å². The van der Waals surface area contributed by atoms with Crippen LogP contribution in [0.4, 0.5) is 0 Å². The van der Waals surface area contributed by atoms with Crippen molar-refractivity contribution in [2.45, 2.75) is 0 Å². The summed E-state index contributed by atoms with van der Waals surface area (Å²) in [5.41, 5.74) is 4.90. The summed E-state index contributed by atoms with van der Waals surface area (Å²) in [6, 6.07) is 2.98. The highest BCUT2D eigenvalue weighted by Gasteiger charge is 2.12. The maximum absolute atomic E-state index is 11.2. The molecule has 1 heterocycles. The van der Waals surface area contributed by atoms with Crippen molar-refractivity contribution >= 4 is 23.5 Å². The van der Waals surface area contributed by atoms with Crippen LogP contribution in [0, 0.1) is 0 Å². The molecular formula is C8H7ClN2O3. The zero-order valence-corrected chi connectivity index (χ0v) is 7.82. The van der Waals surface area contributed by atoms with E-state index in [9.17, 15) is 9.59 Å². The molecule has 1 aromatic heterocycles. The van der Waals surface area contributed by atoms with E-state index in [4.69, 9.17) is 17.3 Å². The van der Waals surface area contributed by atoms with Crippen LogP contribution in [-0.2, 0) is 9.53 Å². The van der Waals surface area contributed by atoms with E-state index < -0.39 is 18.5 Å². The molecule has 0 bridgehead atoms. The number of carbonyl (C=O) groups is 2. The molecule has 0 aliphatic rings. The molecule has 0 unspecified atom stereocenters. The molecule has 0 fully saturated rings. The van der Waals surface area contributed by atoms with Gasteiger partial charge in [-0.1, -0.05) is 11.6 Å². The van der Waals surface area contributed by atoms with Gasteiger partial charge in [-0.2, -0.15) is 0 Å². The molecule has 0 atom stereocenters. The fraction of sp³-hybridized carbons (Fsp3) is 0.125. The molecule has 0 saturated heterocycles. The Labute approximate surface area is 84.8 Å². The molecular weight excluding hydrogens is 208 g/mol. The predicted molar refractivity (Wildman–Crippen MR) is 48.7 cm³/mol. The van der Waals surface area contributed by atoms with Gasteiger partial charge in [0, 0.05) is 6.20 Å². The topological polar surface area (TPSA) is 82.3 Å². The minimum Gasteiger partial charge on any atom is -0.452 e. The number of pyridine rings is 1. The second-order valence-corrected chi connectivity index (χ2v) is 2.74. The molecule has 1 rings (SSSR count). The Morgan fingerprint density at radius 3 is 2.86 bits per heavy atom. The second kappa shape index (κ2) is 4.57. The van der Waals surface area contributed by atoms with Crippen molar-refractivity contribution in [3.8, 4) is 0 Å². The Morgan fingerprint density at radius 2 is 2.29 bits per heavy atom. The van der Waals surface area contributed by atoms with Crippen LogP contribution in [-0.4, -0.2) is 23.5 Å². The molecule has 0 saturated carbocycles. The molecule has 2 N–H and O–H groups in total. The first kappa shape index (κ1) is 10.5. The van der Waals surface area contributed by atoms with E-state index in [1.165, 1.54) is 18.3 Å². The molecule has 6 heteroatoms. The number of amides is 1. The summed E-state index contributed by atoms with van der Waals surface area (Å²) in [5, 5.41) is 0.0296. The lowest BCUT2D eigenvalue weighted by Crippen LogP contribution is -2.21. The van der Waals surface area contributed by atoms with Crippen molar-refractivity contribution in [2.24, 2.45) is 5.73 Å². The van der Waals surface area contributed by atoms with E-state index in [1.54, 1.807) is 0 Å². The number of aromatic nitrogens is 1. The Morgan fingerprint density at radius 1 is 1.57 bits per heavy atom. The van der Waals surface area contributed by atoms with Crippen LogP contribution >= 0.6 is 11.6 Å². The molecule has 1 amide bonds. The van der Waals surface area contributed by atoms with Crippen molar-refractivity contribution in [3.63, 3.8) is 0 Å². The SMILES string of the molecule is NC(=O)COC(=O)c1cccnc1Cl. The van der Waals surface area contributed by atoms with Crippen LogP contribution in [0.15, 0.2) is 18.3 Å². The second-order valence-electron chi connectivity index (χ2n) is 2.38. The third-order valence-electron chi connectivity index (χ3n) is 1.32. The highest BCUT2D eigenvalue weighted by molar-refractivity contribution is 6.32. The van der Waals surface area contributed by atoms with Crippen molar-refractivity contribution < 1.29 is 14.3 Å². The smallest absolute Gasteiger partial charge is 0.341 e. The monoisotopic (exact) mass is 214 g/mol. The van der Waals surface area contributed by atoms with Gasteiger partial charge in [0.15, 0.2) is 6.61 Å². The average Bonchev–Trinajstić information content (AvgIpc) is 2.15. The quantitative estimate of drug-likeness (QED) is 0.582. The number of nitrogens with zero attached hydrogens (tertiary/aromatic N) is 1. The summed E-state index contributed by atoms with van der Waals surface area (Å²) in [4.78, 5) is 25.2. The van der Waals surface area contributed by atoms with E-state index >= 15 is 0 Å². The van der Waals surface area contributed by atoms with Crippen LogP contribution in [0.25, 0.3) is 0 Å². The number of rotatable bonds is 3. The van der Waals surface area contributed by atoms with Gasteiger partial charge in [0.2, 0.25) is 0 Å². The number of primary amides is 1. The molecule has 0 spiro atoms. The van der Waals surface area contributed by atoms with Gasteiger partial charge in [-0.15, -0.1) is 0 Å². The van der Waals surface area contributed by atoms with Gasteiger partial charge in [-0.05, 0) is 12.1 Å². The van der Waals surface area contributed by atoms with Crippen molar-refractivity contribution in [1.82, 2.24) is 4.98 Å². The van der Waals surface area contributed by atoms with Crippen LogP contribution in [0.3, 0.4) is 0 Å². The van der Waals surface area contributed by atoms with Crippen molar-refractivity contribution in [3.05, 3.63) is 29.0 Å². The van der Waals surface area contributed by atoms with Gasteiger partial charge in [0.25, 0.3) is 5.91 Å². The average molecular weight is 215 g/mol. The fourth-order valence-electron chi connectivity index (χ4n) is 0.753. The molecule has 74 valence electrons. The lowest BCUT2D eigenvalue weighted by Gasteiger charge is -2.02. The van der Waals surface area contributed by atoms with Gasteiger partial charge < -0.3 is 10.5 Å². The summed E-state index contributed by atoms with van der Waals surface area (Å²) in [7, 11) is 0. The van der Waals surface area contributed by atoms with Crippen molar-refractivity contribution in [1.29, 1.82) is 0 Å². The van der Waals surface area contributed by atoms with Gasteiger partial charge in [-0.25, -0.2) is 9.78 Å². The molecule has 0 aliphatic heterocycles. The highest BCUT2D eigenvalue weighted by Crippen LogP contribution is 2.12. The fourth-order valence-corrected chi connectivity index (χ4v) is 0.949. The first-order chi connectivity index (χ1) is 6.61. The number of esters is 1. The maximum atomic E-state index is 11.2. The molecule has 0 aliphatic carbocycles. The summed E-state index contributed by atoms with van der Waals surface area (Å²) >= 11 is 5.61. The number of hydrogen-bond acceptors (Lipinski definition) is 4. The number of nitrogens with two attached hydrogens (primary N) is 1. The number of ether oxygens (including phenoxy) is 1. The summed E-state index contributed by atoms with van der Waals surface area (Å²) in [6.07, 6.45) is 1.44. The maximum Gasteiger partial charge on any atom is 0.341 e. The summed E-state index contributed by atoms with van der Waals surface area (Å²) in [6.45, 7) is -0.468. The highest BCUT2D eigenvalue weighted by atomic mass is 35.5. The molecule has 1 aromatic rings. The van der Waals surface area contributed by atoms with E-state index in [0.29, 0.717) is 0 Å². The lowest BCUT2D eigenvalue weighted by molar-refractivity contribution is -0.121. The lowest BCUT2D eigenvalue weighted by atomic mass is 10.3. The Kier molecular flexibility index (Phi) is 3.41. The summed E-state index contributed by atoms with van der Waals surface area (Å²) < 4.78 is 4.53. The molecule has 5 nitrogen and oxygen atoms in total. The van der Waals surface area contributed by atoms with E-state index in [2.05, 4.69) is 9.72 Å². The Balaban J connectivity index is 2.70. The van der Waals surface area contributed by atoms with Gasteiger partial charge in [0.1, 0.15) is 5.15 Å². The minimum atomic E-state index is -0.724. The van der Waals surface area contributed by atoms with Crippen LogP contribution in [0.1, 0.15) is 10.4 Å². The largest absolute Gasteiger partial charge is 0.452 e. The zero-order chi connectivity index (χ0) is 10.6. The van der Waals surface area contributed by atoms with E-state index in [0.717, 1.165) is 0 Å². The third kappa shape index (κ3) is 2.70. The van der Waals surface area contributed by atoms with Crippen molar-refractivity contribution in [2.75, 3.05) is 6.61 Å². The van der Waals surface area contributed by atoms with Gasteiger partial charge >= 0.3 is 5.97 Å².